The molecular weight excluding hydrogens is 406 g/mol. The van der Waals surface area contributed by atoms with Crippen LogP contribution in [-0.4, -0.2) is 40.8 Å². The summed E-state index contributed by atoms with van der Waals surface area (Å²) in [4.78, 5) is 24.8. The van der Waals surface area contributed by atoms with Gasteiger partial charge in [-0.1, -0.05) is 6.07 Å². The monoisotopic (exact) mass is 423 g/mol. The van der Waals surface area contributed by atoms with Crippen LogP contribution in [0.2, 0.25) is 0 Å². The highest BCUT2D eigenvalue weighted by Gasteiger charge is 2.19. The minimum Gasteiger partial charge on any atom is -0.497 e. The summed E-state index contributed by atoms with van der Waals surface area (Å²) >= 11 is 0. The average Bonchev–Trinajstić information content (AvgIpc) is 3.25. The number of pyridine rings is 1. The van der Waals surface area contributed by atoms with E-state index in [0.29, 0.717) is 22.8 Å². The fraction of sp³-hybridized carbons (Fsp3) is 0.100. The summed E-state index contributed by atoms with van der Waals surface area (Å²) < 4.78 is 32.3. The maximum absolute atomic E-state index is 12.8. The molecule has 0 unspecified atom stereocenters. The summed E-state index contributed by atoms with van der Waals surface area (Å²) in [6.45, 7) is 0.139. The van der Waals surface area contributed by atoms with Crippen molar-refractivity contribution < 1.29 is 17.9 Å². The minimum atomic E-state index is -3.72. The highest BCUT2D eigenvalue weighted by molar-refractivity contribution is 7.91. The molecule has 9 nitrogen and oxygen atoms in total. The molecule has 3 aromatic heterocycles. The predicted molar refractivity (Wildman–Crippen MR) is 107 cm³/mol. The smallest absolute Gasteiger partial charge is 0.254 e. The van der Waals surface area contributed by atoms with Gasteiger partial charge in [0.2, 0.25) is 15.6 Å². The molecule has 1 N–H and O–H groups in total. The van der Waals surface area contributed by atoms with Crippen molar-refractivity contribution in [2.75, 3.05) is 7.11 Å². The van der Waals surface area contributed by atoms with Gasteiger partial charge in [-0.3, -0.25) is 14.2 Å². The lowest BCUT2D eigenvalue weighted by molar-refractivity contribution is 0.0949. The number of rotatable bonds is 6. The maximum atomic E-state index is 12.8. The van der Waals surface area contributed by atoms with Crippen molar-refractivity contribution in [3.8, 4) is 5.75 Å². The molecule has 0 spiro atoms. The van der Waals surface area contributed by atoms with E-state index in [1.807, 2.05) is 0 Å². The molecule has 10 heteroatoms. The number of fused-ring (bicyclic) bond motifs is 1. The molecule has 1 aromatic carbocycles. The van der Waals surface area contributed by atoms with Gasteiger partial charge in [0.15, 0.2) is 0 Å². The van der Waals surface area contributed by atoms with Crippen LogP contribution >= 0.6 is 0 Å². The van der Waals surface area contributed by atoms with Crippen molar-refractivity contribution in [1.82, 2.24) is 24.7 Å². The predicted octanol–water partition coefficient (Wildman–Crippen LogP) is 1.90. The summed E-state index contributed by atoms with van der Waals surface area (Å²) in [6.07, 6.45) is 7.63. The van der Waals surface area contributed by atoms with Gasteiger partial charge in [0.05, 0.1) is 34.7 Å². The van der Waals surface area contributed by atoms with Crippen molar-refractivity contribution >= 4 is 21.5 Å². The highest BCUT2D eigenvalue weighted by Crippen LogP contribution is 2.23. The van der Waals surface area contributed by atoms with Gasteiger partial charge in [-0.2, -0.15) is 0 Å². The Labute approximate surface area is 172 Å². The largest absolute Gasteiger partial charge is 0.497 e. The van der Waals surface area contributed by atoms with Crippen molar-refractivity contribution in [1.29, 1.82) is 0 Å². The topological polar surface area (TPSA) is 116 Å². The van der Waals surface area contributed by atoms with Gasteiger partial charge in [0, 0.05) is 31.0 Å². The average molecular weight is 423 g/mol. The van der Waals surface area contributed by atoms with Crippen molar-refractivity contribution in [3.05, 3.63) is 78.6 Å². The standard InChI is InChI=1S/C20H17N5O4S/c1-29-16-3-2-4-17(9-16)30(27,28)18-6-5-15(22-12-18)11-23-19(26)14-10-24-20-21-7-8-25(20)13-14/h2-10,12-13H,11H2,1H3,(H,23,26). The summed E-state index contributed by atoms with van der Waals surface area (Å²) in [6, 6.07) is 9.25. The van der Waals surface area contributed by atoms with E-state index in [9.17, 15) is 13.2 Å². The first-order valence-electron chi connectivity index (χ1n) is 8.88. The number of hydrogen-bond donors (Lipinski definition) is 1. The second-order valence-corrected chi connectivity index (χ2v) is 8.28. The van der Waals surface area contributed by atoms with Gasteiger partial charge in [-0.15, -0.1) is 0 Å². The number of nitrogens with one attached hydrogen (secondary N) is 1. The van der Waals surface area contributed by atoms with Crippen LogP contribution in [-0.2, 0) is 16.4 Å². The molecule has 0 aliphatic rings. The van der Waals surface area contributed by atoms with Gasteiger partial charge in [0.1, 0.15) is 5.75 Å². The molecule has 0 saturated heterocycles. The van der Waals surface area contributed by atoms with Crippen LogP contribution in [0, 0.1) is 0 Å². The lowest BCUT2D eigenvalue weighted by Crippen LogP contribution is -2.23. The number of benzene rings is 1. The van der Waals surface area contributed by atoms with Gasteiger partial charge in [-0.05, 0) is 30.3 Å². The molecule has 152 valence electrons. The summed E-state index contributed by atoms with van der Waals surface area (Å²) in [5, 5.41) is 2.74. The fourth-order valence-corrected chi connectivity index (χ4v) is 4.03. The molecule has 3 heterocycles. The molecule has 0 bridgehead atoms. The first-order valence-corrected chi connectivity index (χ1v) is 10.4. The normalized spacial score (nSPS) is 11.4. The van der Waals surface area contributed by atoms with E-state index >= 15 is 0 Å². The Morgan fingerprint density at radius 2 is 1.97 bits per heavy atom. The third-order valence-electron chi connectivity index (χ3n) is 4.40. The Kier molecular flexibility index (Phi) is 5.15. The number of carbonyl (C=O) groups excluding carboxylic acids is 1. The lowest BCUT2D eigenvalue weighted by atomic mass is 10.3. The quantitative estimate of drug-likeness (QED) is 0.503. The van der Waals surface area contributed by atoms with E-state index in [-0.39, 0.29) is 22.2 Å². The summed E-state index contributed by atoms with van der Waals surface area (Å²) in [7, 11) is -2.25. The van der Waals surface area contributed by atoms with E-state index in [2.05, 4.69) is 20.3 Å². The molecule has 30 heavy (non-hydrogen) atoms. The molecule has 0 aliphatic heterocycles. The van der Waals surface area contributed by atoms with Crippen molar-refractivity contribution in [3.63, 3.8) is 0 Å². The molecule has 0 aliphatic carbocycles. The van der Waals surface area contributed by atoms with Crippen LogP contribution < -0.4 is 10.1 Å². The Balaban J connectivity index is 1.46. The first kappa shape index (κ1) is 19.5. The zero-order valence-electron chi connectivity index (χ0n) is 15.9. The van der Waals surface area contributed by atoms with Crippen LogP contribution in [0.15, 0.2) is 77.2 Å². The summed E-state index contributed by atoms with van der Waals surface area (Å²) in [5.41, 5.74) is 0.891. The zero-order valence-corrected chi connectivity index (χ0v) is 16.7. The number of aromatic nitrogens is 4. The number of ether oxygens (including phenoxy) is 1. The fourth-order valence-electron chi connectivity index (χ4n) is 2.79. The van der Waals surface area contributed by atoms with E-state index < -0.39 is 9.84 Å². The van der Waals surface area contributed by atoms with Crippen LogP contribution in [0.1, 0.15) is 16.1 Å². The molecule has 4 rings (SSSR count). The zero-order chi connectivity index (χ0) is 21.1. The number of imidazole rings is 1. The van der Waals surface area contributed by atoms with Crippen LogP contribution in [0.25, 0.3) is 5.78 Å². The molecule has 4 aromatic rings. The Morgan fingerprint density at radius 1 is 1.10 bits per heavy atom. The summed E-state index contributed by atoms with van der Waals surface area (Å²) in [5.74, 6) is 0.626. The van der Waals surface area contributed by atoms with Gasteiger partial charge >= 0.3 is 0 Å². The van der Waals surface area contributed by atoms with Crippen molar-refractivity contribution in [2.45, 2.75) is 16.3 Å². The number of carbonyl (C=O) groups is 1. The lowest BCUT2D eigenvalue weighted by Gasteiger charge is -2.08. The van der Waals surface area contributed by atoms with Gasteiger partial charge in [0.25, 0.3) is 5.91 Å². The van der Waals surface area contributed by atoms with Gasteiger partial charge < -0.3 is 10.1 Å². The number of methoxy groups -OCH3 is 1. The molecule has 0 atom stereocenters. The number of nitrogens with zero attached hydrogens (tertiary/aromatic N) is 4. The van der Waals surface area contributed by atoms with E-state index in [0.717, 1.165) is 0 Å². The molecule has 0 fully saturated rings. The van der Waals surface area contributed by atoms with Gasteiger partial charge in [-0.25, -0.2) is 18.4 Å². The third-order valence-corrected chi connectivity index (χ3v) is 6.13. The second-order valence-electron chi connectivity index (χ2n) is 6.33. The Morgan fingerprint density at radius 3 is 2.73 bits per heavy atom. The van der Waals surface area contributed by atoms with Crippen LogP contribution in [0.4, 0.5) is 0 Å². The van der Waals surface area contributed by atoms with E-state index in [1.165, 1.54) is 37.7 Å². The SMILES string of the molecule is COc1cccc(S(=O)(=O)c2ccc(CNC(=O)c3cnc4nccn4c3)nc2)c1. The molecule has 0 radical (unpaired) electrons. The number of sulfone groups is 1. The highest BCUT2D eigenvalue weighted by atomic mass is 32.2. The molecule has 1 amide bonds. The number of amides is 1. The first-order chi connectivity index (χ1) is 14.5. The molecular formula is C20H17N5O4S. The second kappa shape index (κ2) is 7.91. The van der Waals surface area contributed by atoms with E-state index in [1.54, 1.807) is 41.2 Å². The number of hydrogen-bond acceptors (Lipinski definition) is 7. The minimum absolute atomic E-state index is 0.0561. The Hall–Kier alpha value is -3.79. The van der Waals surface area contributed by atoms with Crippen LogP contribution in [0.3, 0.4) is 0 Å². The van der Waals surface area contributed by atoms with Crippen molar-refractivity contribution in [2.24, 2.45) is 0 Å². The van der Waals surface area contributed by atoms with E-state index in [4.69, 9.17) is 4.74 Å². The van der Waals surface area contributed by atoms with Crippen LogP contribution in [0.5, 0.6) is 5.75 Å². The maximum Gasteiger partial charge on any atom is 0.254 e. The molecule has 0 saturated carbocycles. The third kappa shape index (κ3) is 3.85. The Bertz CT molecular complexity index is 1320.